The number of rotatable bonds is 6. The monoisotopic (exact) mass is 310 g/mol. The SMILES string of the molecule is CN(CCc1ccccn1)C1CCCN(Cc2cccnc2)C1. The Hall–Kier alpha value is -1.78. The lowest BCUT2D eigenvalue weighted by molar-refractivity contribution is 0.112. The molecule has 122 valence electrons. The van der Waals surface area contributed by atoms with Crippen LogP contribution in [0, 0.1) is 0 Å². The normalized spacial score (nSPS) is 19.1. The summed E-state index contributed by atoms with van der Waals surface area (Å²) in [6.45, 7) is 4.42. The largest absolute Gasteiger partial charge is 0.302 e. The zero-order valence-electron chi connectivity index (χ0n) is 13.9. The molecule has 3 rings (SSSR count). The molecular formula is C19H26N4. The van der Waals surface area contributed by atoms with Crippen LogP contribution in [0.3, 0.4) is 0 Å². The standard InChI is InChI=1S/C19H26N4/c1-22(13-9-18-7-2-3-11-21-18)19-8-5-12-23(16-19)15-17-6-4-10-20-14-17/h2-4,6-7,10-11,14,19H,5,8-9,12-13,15-16H2,1H3. The summed E-state index contributed by atoms with van der Waals surface area (Å²) in [7, 11) is 2.25. The second-order valence-corrected chi connectivity index (χ2v) is 6.44. The summed E-state index contributed by atoms with van der Waals surface area (Å²) in [6, 6.07) is 11.0. The molecule has 1 saturated heterocycles. The summed E-state index contributed by atoms with van der Waals surface area (Å²) in [5.41, 5.74) is 2.49. The number of aromatic nitrogens is 2. The number of piperidine rings is 1. The predicted octanol–water partition coefficient (Wildman–Crippen LogP) is 2.62. The number of likely N-dealkylation sites (N-methyl/N-ethyl adjacent to an activating group) is 1. The molecule has 1 fully saturated rings. The molecule has 1 atom stereocenters. The quantitative estimate of drug-likeness (QED) is 0.821. The second-order valence-electron chi connectivity index (χ2n) is 6.44. The Morgan fingerprint density at radius 1 is 1.22 bits per heavy atom. The highest BCUT2D eigenvalue weighted by molar-refractivity contribution is 5.08. The molecular weight excluding hydrogens is 284 g/mol. The summed E-state index contributed by atoms with van der Waals surface area (Å²) >= 11 is 0. The van der Waals surface area contributed by atoms with E-state index in [-0.39, 0.29) is 0 Å². The molecule has 1 unspecified atom stereocenters. The molecule has 0 radical (unpaired) electrons. The predicted molar refractivity (Wildman–Crippen MR) is 93.1 cm³/mol. The topological polar surface area (TPSA) is 32.3 Å². The van der Waals surface area contributed by atoms with Crippen molar-refractivity contribution in [1.29, 1.82) is 0 Å². The van der Waals surface area contributed by atoms with Crippen LogP contribution in [0.2, 0.25) is 0 Å². The maximum atomic E-state index is 4.42. The van der Waals surface area contributed by atoms with Gasteiger partial charge in [0.15, 0.2) is 0 Å². The van der Waals surface area contributed by atoms with E-state index >= 15 is 0 Å². The highest BCUT2D eigenvalue weighted by atomic mass is 15.2. The fraction of sp³-hybridized carbons (Fsp3) is 0.474. The van der Waals surface area contributed by atoms with E-state index in [0.717, 1.165) is 26.1 Å². The minimum absolute atomic E-state index is 0.643. The summed E-state index contributed by atoms with van der Waals surface area (Å²) in [6.07, 6.45) is 9.30. The minimum Gasteiger partial charge on any atom is -0.302 e. The Morgan fingerprint density at radius 3 is 2.96 bits per heavy atom. The van der Waals surface area contributed by atoms with E-state index < -0.39 is 0 Å². The van der Waals surface area contributed by atoms with Crippen LogP contribution < -0.4 is 0 Å². The average Bonchev–Trinajstić information content (AvgIpc) is 2.62. The number of nitrogens with zero attached hydrogens (tertiary/aromatic N) is 4. The Bertz CT molecular complexity index is 572. The molecule has 23 heavy (non-hydrogen) atoms. The first-order valence-electron chi connectivity index (χ1n) is 8.52. The average molecular weight is 310 g/mol. The first-order valence-corrected chi connectivity index (χ1v) is 8.52. The van der Waals surface area contributed by atoms with Crippen molar-refractivity contribution in [2.75, 3.05) is 26.7 Å². The molecule has 0 aliphatic carbocycles. The Morgan fingerprint density at radius 2 is 2.17 bits per heavy atom. The van der Waals surface area contributed by atoms with Crippen LogP contribution in [0.1, 0.15) is 24.1 Å². The van der Waals surface area contributed by atoms with Gasteiger partial charge in [0.1, 0.15) is 0 Å². The third-order valence-corrected chi connectivity index (χ3v) is 4.68. The van der Waals surface area contributed by atoms with Gasteiger partial charge in [0.25, 0.3) is 0 Å². The first-order chi connectivity index (χ1) is 11.3. The summed E-state index contributed by atoms with van der Waals surface area (Å²) < 4.78 is 0. The maximum absolute atomic E-state index is 4.42. The van der Waals surface area contributed by atoms with Gasteiger partial charge in [-0.2, -0.15) is 0 Å². The molecule has 1 aliphatic heterocycles. The van der Waals surface area contributed by atoms with Gasteiger partial charge in [-0.25, -0.2) is 0 Å². The Balaban J connectivity index is 1.49. The van der Waals surface area contributed by atoms with E-state index in [1.54, 1.807) is 0 Å². The van der Waals surface area contributed by atoms with Gasteiger partial charge in [0.2, 0.25) is 0 Å². The molecule has 0 saturated carbocycles. The van der Waals surface area contributed by atoms with E-state index in [2.05, 4.69) is 45.0 Å². The van der Waals surface area contributed by atoms with E-state index in [0.29, 0.717) is 6.04 Å². The van der Waals surface area contributed by atoms with Gasteiger partial charge in [-0.1, -0.05) is 12.1 Å². The number of hydrogen-bond acceptors (Lipinski definition) is 4. The van der Waals surface area contributed by atoms with Crippen molar-refractivity contribution in [3.05, 3.63) is 60.2 Å². The second kappa shape index (κ2) is 8.18. The maximum Gasteiger partial charge on any atom is 0.0416 e. The van der Waals surface area contributed by atoms with Crippen molar-refractivity contribution >= 4 is 0 Å². The lowest BCUT2D eigenvalue weighted by Crippen LogP contribution is -2.46. The number of likely N-dealkylation sites (tertiary alicyclic amines) is 1. The van der Waals surface area contributed by atoms with Gasteiger partial charge in [0, 0.05) is 56.4 Å². The van der Waals surface area contributed by atoms with Crippen LogP contribution in [-0.4, -0.2) is 52.5 Å². The molecule has 0 aromatic carbocycles. The summed E-state index contributed by atoms with van der Waals surface area (Å²) in [5, 5.41) is 0. The molecule has 0 N–H and O–H groups in total. The van der Waals surface area contributed by atoms with Gasteiger partial charge < -0.3 is 4.90 Å². The van der Waals surface area contributed by atoms with E-state index in [9.17, 15) is 0 Å². The number of hydrogen-bond donors (Lipinski definition) is 0. The van der Waals surface area contributed by atoms with Crippen molar-refractivity contribution in [2.45, 2.75) is 31.8 Å². The first kappa shape index (κ1) is 16.1. The zero-order chi connectivity index (χ0) is 15.9. The van der Waals surface area contributed by atoms with E-state index in [4.69, 9.17) is 0 Å². The Kier molecular flexibility index (Phi) is 5.72. The fourth-order valence-electron chi connectivity index (χ4n) is 3.30. The Labute approximate surface area is 139 Å². The summed E-state index contributed by atoms with van der Waals surface area (Å²) in [5.74, 6) is 0. The zero-order valence-corrected chi connectivity index (χ0v) is 13.9. The van der Waals surface area contributed by atoms with Gasteiger partial charge in [0.05, 0.1) is 0 Å². The van der Waals surface area contributed by atoms with Crippen LogP contribution in [0.4, 0.5) is 0 Å². The van der Waals surface area contributed by atoms with Crippen molar-refractivity contribution in [3.8, 4) is 0 Å². The van der Waals surface area contributed by atoms with Crippen LogP contribution in [0.15, 0.2) is 48.9 Å². The molecule has 4 nitrogen and oxygen atoms in total. The minimum atomic E-state index is 0.643. The molecule has 0 amide bonds. The third kappa shape index (κ3) is 4.85. The third-order valence-electron chi connectivity index (χ3n) is 4.68. The van der Waals surface area contributed by atoms with E-state index in [1.807, 2.05) is 30.7 Å². The fourth-order valence-corrected chi connectivity index (χ4v) is 3.30. The van der Waals surface area contributed by atoms with E-state index in [1.165, 1.54) is 30.6 Å². The smallest absolute Gasteiger partial charge is 0.0416 e. The van der Waals surface area contributed by atoms with Crippen LogP contribution in [0.5, 0.6) is 0 Å². The van der Waals surface area contributed by atoms with Crippen LogP contribution in [-0.2, 0) is 13.0 Å². The molecule has 0 spiro atoms. The van der Waals surface area contributed by atoms with Crippen molar-refractivity contribution in [3.63, 3.8) is 0 Å². The van der Waals surface area contributed by atoms with Crippen molar-refractivity contribution < 1.29 is 0 Å². The van der Waals surface area contributed by atoms with Gasteiger partial charge >= 0.3 is 0 Å². The molecule has 1 aliphatic rings. The molecule has 4 heteroatoms. The molecule has 0 bridgehead atoms. The molecule has 3 heterocycles. The van der Waals surface area contributed by atoms with Crippen LogP contribution in [0.25, 0.3) is 0 Å². The van der Waals surface area contributed by atoms with Crippen molar-refractivity contribution in [1.82, 2.24) is 19.8 Å². The summed E-state index contributed by atoms with van der Waals surface area (Å²) in [4.78, 5) is 13.7. The van der Waals surface area contributed by atoms with Gasteiger partial charge in [-0.15, -0.1) is 0 Å². The van der Waals surface area contributed by atoms with Crippen LogP contribution >= 0.6 is 0 Å². The highest BCUT2D eigenvalue weighted by Gasteiger charge is 2.23. The van der Waals surface area contributed by atoms with Gasteiger partial charge in [-0.05, 0) is 50.2 Å². The molecule has 2 aromatic heterocycles. The lowest BCUT2D eigenvalue weighted by atomic mass is 10.0. The lowest BCUT2D eigenvalue weighted by Gasteiger charge is -2.37. The number of pyridine rings is 2. The highest BCUT2D eigenvalue weighted by Crippen LogP contribution is 2.17. The molecule has 2 aromatic rings. The van der Waals surface area contributed by atoms with Gasteiger partial charge in [-0.3, -0.25) is 14.9 Å². The van der Waals surface area contributed by atoms with Crippen molar-refractivity contribution in [2.24, 2.45) is 0 Å².